The molecule has 6 nitrogen and oxygen atoms in total. The van der Waals surface area contributed by atoms with Gasteiger partial charge in [-0.15, -0.1) is 0 Å². The van der Waals surface area contributed by atoms with Gasteiger partial charge < -0.3 is 10.1 Å². The number of benzene rings is 2. The van der Waals surface area contributed by atoms with Gasteiger partial charge in [-0.2, -0.15) is 0 Å². The van der Waals surface area contributed by atoms with Crippen molar-refractivity contribution in [3.05, 3.63) is 58.9 Å². The molecular weight excluding hydrogens is 366 g/mol. The van der Waals surface area contributed by atoms with E-state index in [1.807, 2.05) is 49.6 Å². The number of amides is 1. The Hall–Kier alpha value is -3.15. The number of hydrogen-bond donors (Lipinski definition) is 1. The molecular formula is C23H28N3O3+. The zero-order valence-corrected chi connectivity index (χ0v) is 17.7. The highest BCUT2D eigenvalue weighted by atomic mass is 16.5. The Balaban J connectivity index is 1.95. The number of esters is 1. The first kappa shape index (κ1) is 20.6. The summed E-state index contributed by atoms with van der Waals surface area (Å²) in [6.45, 7) is 11.1. The van der Waals surface area contributed by atoms with E-state index >= 15 is 0 Å². The summed E-state index contributed by atoms with van der Waals surface area (Å²) in [5.74, 6) is 0.485. The van der Waals surface area contributed by atoms with Gasteiger partial charge in [0, 0.05) is 18.7 Å². The first-order chi connectivity index (χ1) is 13.8. The number of hydrogen-bond acceptors (Lipinski definition) is 3. The maximum absolute atomic E-state index is 12.8. The minimum absolute atomic E-state index is 0.113. The predicted molar refractivity (Wildman–Crippen MR) is 113 cm³/mol. The number of nitrogens with zero attached hydrogens (tertiary/aromatic N) is 2. The van der Waals surface area contributed by atoms with Crippen LogP contribution in [0, 0.1) is 20.8 Å². The average Bonchev–Trinajstić information content (AvgIpc) is 2.95. The third kappa shape index (κ3) is 4.16. The Bertz CT molecular complexity index is 1080. The van der Waals surface area contributed by atoms with Crippen molar-refractivity contribution in [2.24, 2.45) is 0 Å². The number of fused-ring (bicyclic) bond motifs is 1. The Labute approximate surface area is 171 Å². The van der Waals surface area contributed by atoms with Crippen LogP contribution < -0.4 is 9.88 Å². The summed E-state index contributed by atoms with van der Waals surface area (Å²) in [5, 5.41) is 2.97. The first-order valence-corrected chi connectivity index (χ1v) is 9.92. The molecule has 1 amide bonds. The molecule has 152 valence electrons. The summed E-state index contributed by atoms with van der Waals surface area (Å²) in [6, 6.07) is 11.4. The number of carbonyl (C=O) groups excluding carboxylic acids is 2. The van der Waals surface area contributed by atoms with Gasteiger partial charge in [0.05, 0.1) is 18.7 Å². The second kappa shape index (κ2) is 8.47. The van der Waals surface area contributed by atoms with E-state index in [0.29, 0.717) is 12.2 Å². The van der Waals surface area contributed by atoms with E-state index in [4.69, 9.17) is 4.74 Å². The third-order valence-electron chi connectivity index (χ3n) is 5.26. The van der Waals surface area contributed by atoms with E-state index in [0.717, 1.165) is 34.7 Å². The number of imidazole rings is 1. The topological polar surface area (TPSA) is 64.2 Å². The van der Waals surface area contributed by atoms with Crippen LogP contribution >= 0.6 is 0 Å². The molecule has 0 aliphatic carbocycles. The van der Waals surface area contributed by atoms with Crippen molar-refractivity contribution in [2.45, 2.75) is 47.7 Å². The highest BCUT2D eigenvalue weighted by Crippen LogP contribution is 2.19. The summed E-state index contributed by atoms with van der Waals surface area (Å²) in [6.07, 6.45) is 0. The van der Waals surface area contributed by atoms with E-state index in [-0.39, 0.29) is 18.4 Å². The molecule has 0 fully saturated rings. The highest BCUT2D eigenvalue weighted by molar-refractivity contribution is 5.94. The van der Waals surface area contributed by atoms with Crippen LogP contribution in [0.15, 0.2) is 36.4 Å². The molecule has 0 bridgehead atoms. The lowest BCUT2D eigenvalue weighted by molar-refractivity contribution is -0.674. The van der Waals surface area contributed by atoms with Crippen LogP contribution in [0.3, 0.4) is 0 Å². The number of ether oxygens (including phenoxy) is 1. The van der Waals surface area contributed by atoms with E-state index in [2.05, 4.69) is 16.8 Å². The van der Waals surface area contributed by atoms with Gasteiger partial charge in [0.15, 0.2) is 17.6 Å². The lowest BCUT2D eigenvalue weighted by Gasteiger charge is -2.07. The fourth-order valence-corrected chi connectivity index (χ4v) is 3.57. The van der Waals surface area contributed by atoms with Gasteiger partial charge >= 0.3 is 5.97 Å². The van der Waals surface area contributed by atoms with Gasteiger partial charge in [0.25, 0.3) is 11.7 Å². The zero-order chi connectivity index (χ0) is 21.1. The monoisotopic (exact) mass is 394 g/mol. The van der Waals surface area contributed by atoms with Gasteiger partial charge in [-0.05, 0) is 63.1 Å². The molecule has 0 spiro atoms. The van der Waals surface area contributed by atoms with Gasteiger partial charge in [-0.1, -0.05) is 6.07 Å². The molecule has 0 unspecified atom stereocenters. The van der Waals surface area contributed by atoms with Crippen molar-refractivity contribution >= 4 is 28.6 Å². The molecule has 0 saturated carbocycles. The van der Waals surface area contributed by atoms with Crippen molar-refractivity contribution in [3.8, 4) is 0 Å². The highest BCUT2D eigenvalue weighted by Gasteiger charge is 2.24. The standard InChI is InChI=1S/C23H27N3O3/c1-6-25-17(5)26(14-22(27)24-19-10-8-15(3)16(4)12-19)21-13-18(9-11-20(21)25)23(28)29-7-2/h8-13H,6-7,14H2,1-5H3/p+1. The van der Waals surface area contributed by atoms with Crippen molar-refractivity contribution in [1.82, 2.24) is 4.57 Å². The lowest BCUT2D eigenvalue weighted by Crippen LogP contribution is -2.35. The van der Waals surface area contributed by atoms with E-state index < -0.39 is 0 Å². The van der Waals surface area contributed by atoms with Gasteiger partial charge in [-0.3, -0.25) is 4.79 Å². The smallest absolute Gasteiger partial charge is 0.338 e. The Morgan fingerprint density at radius 2 is 1.79 bits per heavy atom. The molecule has 0 aliphatic heterocycles. The Kier molecular flexibility index (Phi) is 6.01. The van der Waals surface area contributed by atoms with Crippen LogP contribution in [0.25, 0.3) is 11.0 Å². The minimum atomic E-state index is -0.359. The van der Waals surface area contributed by atoms with Gasteiger partial charge in [-0.25, -0.2) is 13.9 Å². The third-order valence-corrected chi connectivity index (χ3v) is 5.26. The molecule has 0 aliphatic rings. The van der Waals surface area contributed by atoms with E-state index in [1.165, 1.54) is 5.56 Å². The van der Waals surface area contributed by atoms with Crippen molar-refractivity contribution < 1.29 is 18.9 Å². The van der Waals surface area contributed by atoms with Crippen molar-refractivity contribution in [1.29, 1.82) is 0 Å². The maximum Gasteiger partial charge on any atom is 0.338 e. The maximum atomic E-state index is 12.8. The molecule has 2 aromatic carbocycles. The molecule has 3 rings (SSSR count). The summed E-state index contributed by atoms with van der Waals surface area (Å²) in [4.78, 5) is 24.9. The minimum Gasteiger partial charge on any atom is -0.462 e. The fraction of sp³-hybridized carbons (Fsp3) is 0.348. The van der Waals surface area contributed by atoms with Gasteiger partial charge in [0.1, 0.15) is 0 Å². The average molecular weight is 394 g/mol. The normalized spacial score (nSPS) is 10.9. The number of nitrogens with one attached hydrogen (secondary N) is 1. The lowest BCUT2D eigenvalue weighted by atomic mass is 10.1. The fourth-order valence-electron chi connectivity index (χ4n) is 3.57. The quantitative estimate of drug-likeness (QED) is 0.512. The molecule has 0 saturated heterocycles. The van der Waals surface area contributed by atoms with Crippen LogP contribution in [-0.4, -0.2) is 23.1 Å². The molecule has 1 N–H and O–H groups in total. The number of rotatable bonds is 6. The number of aromatic nitrogens is 2. The molecule has 0 radical (unpaired) electrons. The molecule has 0 atom stereocenters. The van der Waals surface area contributed by atoms with Crippen molar-refractivity contribution in [3.63, 3.8) is 0 Å². The molecule has 3 aromatic rings. The Morgan fingerprint density at radius 3 is 2.45 bits per heavy atom. The van der Waals surface area contributed by atoms with Crippen LogP contribution in [0.1, 0.15) is 41.2 Å². The largest absolute Gasteiger partial charge is 0.462 e. The molecule has 29 heavy (non-hydrogen) atoms. The Morgan fingerprint density at radius 1 is 1.03 bits per heavy atom. The summed E-state index contributed by atoms with van der Waals surface area (Å²) in [7, 11) is 0. The number of anilines is 1. The second-order valence-electron chi connectivity index (χ2n) is 7.15. The summed E-state index contributed by atoms with van der Waals surface area (Å²) >= 11 is 0. The molecule has 1 heterocycles. The van der Waals surface area contributed by atoms with Crippen molar-refractivity contribution in [2.75, 3.05) is 11.9 Å². The van der Waals surface area contributed by atoms with E-state index in [9.17, 15) is 9.59 Å². The zero-order valence-electron chi connectivity index (χ0n) is 17.7. The van der Waals surface area contributed by atoms with Crippen LogP contribution in [0.5, 0.6) is 0 Å². The van der Waals surface area contributed by atoms with Crippen LogP contribution in [0.4, 0.5) is 5.69 Å². The second-order valence-corrected chi connectivity index (χ2v) is 7.15. The first-order valence-electron chi connectivity index (χ1n) is 9.92. The predicted octanol–water partition coefficient (Wildman–Crippen LogP) is 3.69. The molecule has 1 aromatic heterocycles. The SMILES string of the molecule is CCOC(=O)c1ccc2c(c1)n(CC(=O)Nc1ccc(C)c(C)c1)c(C)[n+]2CC. The van der Waals surface area contributed by atoms with Crippen LogP contribution in [0.2, 0.25) is 0 Å². The van der Waals surface area contributed by atoms with Gasteiger partial charge in [0.2, 0.25) is 0 Å². The summed E-state index contributed by atoms with van der Waals surface area (Å²) in [5.41, 5.74) is 5.40. The summed E-state index contributed by atoms with van der Waals surface area (Å²) < 4.78 is 9.20. The molecule has 6 heteroatoms. The van der Waals surface area contributed by atoms with E-state index in [1.54, 1.807) is 19.1 Å². The number of carbonyl (C=O) groups is 2. The van der Waals surface area contributed by atoms with Crippen LogP contribution in [-0.2, 0) is 22.6 Å². The number of aryl methyl sites for hydroxylation is 3.